The van der Waals surface area contributed by atoms with Crippen LogP contribution in [0.3, 0.4) is 0 Å². The zero-order chi connectivity index (χ0) is 79.9. The van der Waals surface area contributed by atoms with Gasteiger partial charge in [0.2, 0.25) is 11.8 Å². The first-order chi connectivity index (χ1) is 50.7. The summed E-state index contributed by atoms with van der Waals surface area (Å²) in [6.45, 7) is 0.924. The number of aliphatic carboxylic acids is 1. The average Bonchev–Trinajstić information content (AvgIpc) is 0.740. The molecule has 9 aliphatic rings. The SMILES string of the molecule is CC(=O)N[C@@H]1[C@@H](O[C@@H]2O[C@H](CO)[C@H](O)[C@H](O[C@]3(C(=O)O)C[C@H](O[C@@H]4O[C@@H](C)[C@@H](O)[C@@H](O)[C@@H]4O)[C@@H](O[C@@H]4O[C@@H](C)[C@@H](O)[C@@H](O)[C@@H]4O)[C@H]([C@H](O)[C@H](O)CO)O3)[C@H]2O)[C@@H](O)[C@@H](CO[C@@H]2O[C@H](CO)[C@@H](O[C@@H]3O[C@H](CO)[C@H](O)[C@H](O)[C@H]3O[C@@H]3O[C@@H](C)[C@@H](O)[C@@H](O)[C@@H]3O)[C@H](O[C@@H]3O[C@@H](C)[C@@H](O)[C@@H](O)[C@@H]3O)[C@H]2NC(C)=O)O[C@@H]1O. The summed E-state index contributed by atoms with van der Waals surface area (Å²) in [6, 6.07) is -3.87. The van der Waals surface area contributed by atoms with Gasteiger partial charge in [-0.25, -0.2) is 4.79 Å². The fourth-order valence-electron chi connectivity index (χ4n) is 14.1. The first kappa shape index (κ1) is 88.7. The van der Waals surface area contributed by atoms with Gasteiger partial charge in [0.1, 0.15) is 195 Å². The quantitative estimate of drug-likeness (QED) is 0.0382. The highest BCUT2D eigenvalue weighted by Crippen LogP contribution is 2.44. The van der Waals surface area contributed by atoms with E-state index in [0.717, 1.165) is 13.8 Å². The minimum absolute atomic E-state index is 0.921. The molecule has 0 radical (unpaired) electrons. The highest BCUT2D eigenvalue weighted by atomic mass is 16.8. The Bertz CT molecular complexity index is 2880. The topological polar surface area (TPSA) is 738 Å². The Hall–Kier alpha value is -3.23. The number of nitrogens with one attached hydrogen (secondary N) is 2. The molecular weight excluding hydrogens is 1480 g/mol. The molecule has 9 heterocycles. The van der Waals surface area contributed by atoms with Gasteiger partial charge in [0.15, 0.2) is 50.3 Å². The van der Waals surface area contributed by atoms with Crippen LogP contribution >= 0.6 is 0 Å². The predicted octanol–water partition coefficient (Wildman–Crippen LogP) is -17.0. The molecule has 9 rings (SSSR count). The fraction of sp³-hybridized carbons (Fsp3) is 0.951. The Morgan fingerprint density at radius 3 is 1.26 bits per heavy atom. The molecule has 0 bridgehead atoms. The van der Waals surface area contributed by atoms with Crippen LogP contribution in [0.25, 0.3) is 0 Å². The molecule has 0 spiro atoms. The maximum absolute atomic E-state index is 14.0. The van der Waals surface area contributed by atoms with Gasteiger partial charge in [-0.1, -0.05) is 0 Å². The van der Waals surface area contributed by atoms with Crippen molar-refractivity contribution in [1.29, 1.82) is 0 Å². The van der Waals surface area contributed by atoms with E-state index in [4.69, 9.17) is 80.5 Å². The number of hydrogen-bond donors (Lipinski definition) is 27. The van der Waals surface area contributed by atoms with Crippen molar-refractivity contribution in [2.45, 2.75) is 330 Å². The number of ether oxygens (including phenoxy) is 17. The lowest BCUT2D eigenvalue weighted by molar-refractivity contribution is -0.408. The summed E-state index contributed by atoms with van der Waals surface area (Å²) in [6.07, 6.45) is -89.5. The molecule has 0 aliphatic carbocycles. The molecule has 47 nitrogen and oxygen atoms in total. The van der Waals surface area contributed by atoms with Crippen molar-refractivity contribution in [1.82, 2.24) is 10.6 Å². The van der Waals surface area contributed by atoms with Crippen LogP contribution in [0.1, 0.15) is 48.0 Å². The molecule has 0 unspecified atom stereocenters. The first-order valence-corrected chi connectivity index (χ1v) is 34.7. The standard InChI is InChI=1S/C61H102N2O45/c1-13-27(71)35(79)40(84)54(93-13)98-20-7-61(60(90)91,108-50(31(75)19(70)8-64)45(20)102-55-41(85)36(80)28(72)14(2)94-55)107-49-33(77)22(10-66)99-58(44(49)88)104-47-25(62-17(5)68)52(89)97-24(34(47)78)12-92-53-26(63-18(6)69)48(105-56-42(86)37(81)29(73)15(3)95-56)46(23(11-67)101-53)103-59-51(39(83)32(76)21(9-65)100-59)106-57-43(87)38(82)30(74)16(4)96-57/h13-16,19-59,64-67,70-89H,7-12H2,1-6H3,(H,62,68)(H,63,69)(H,90,91)/t13-,14-,15-,16-,19+,20-,21+,22+,23+,24+,25+,26+,27+,28+,29+,30+,31+,32-,33-,34-,35+,36+,37+,38+,39-,40-,41-,42-,43-,44+,45+,46+,47+,48+,49-,50-,51+,52-,53+,54-,55-,56-,57-,58-,59-,61+/m0/s1. The van der Waals surface area contributed by atoms with Gasteiger partial charge in [-0.2, -0.15) is 0 Å². The number of amides is 2. The lowest BCUT2D eigenvalue weighted by atomic mass is 9.89. The van der Waals surface area contributed by atoms with E-state index in [0.29, 0.717) is 0 Å². The van der Waals surface area contributed by atoms with Gasteiger partial charge in [-0.3, -0.25) is 9.59 Å². The number of rotatable bonds is 26. The normalized spacial score (nSPS) is 51.0. The van der Waals surface area contributed by atoms with E-state index in [9.17, 15) is 142 Å². The Labute approximate surface area is 612 Å². The molecule has 47 heteroatoms. The summed E-state index contributed by atoms with van der Waals surface area (Å²) in [4.78, 5) is 40.3. The van der Waals surface area contributed by atoms with Crippen LogP contribution in [0.4, 0.5) is 0 Å². The third-order valence-corrected chi connectivity index (χ3v) is 20.4. The second kappa shape index (κ2) is 37.1. The van der Waals surface area contributed by atoms with Crippen molar-refractivity contribution in [3.8, 4) is 0 Å². The van der Waals surface area contributed by atoms with Crippen molar-refractivity contribution < 1.29 is 223 Å². The number of aliphatic hydroxyl groups excluding tert-OH is 24. The van der Waals surface area contributed by atoms with Crippen molar-refractivity contribution in [3.63, 3.8) is 0 Å². The molecule has 0 aromatic carbocycles. The van der Waals surface area contributed by atoms with Gasteiger partial charge in [-0.05, 0) is 27.7 Å². The smallest absolute Gasteiger partial charge is 0.364 e. The van der Waals surface area contributed by atoms with Crippen molar-refractivity contribution >= 4 is 17.8 Å². The maximum atomic E-state index is 14.0. The second-order valence-corrected chi connectivity index (χ2v) is 28.1. The van der Waals surface area contributed by atoms with E-state index in [2.05, 4.69) is 10.6 Å². The van der Waals surface area contributed by atoms with Gasteiger partial charge in [-0.15, -0.1) is 0 Å². The van der Waals surface area contributed by atoms with Gasteiger partial charge < -0.3 is 219 Å². The predicted molar refractivity (Wildman–Crippen MR) is 332 cm³/mol. The molecule has 9 aliphatic heterocycles. The van der Waals surface area contributed by atoms with Crippen LogP contribution in [-0.2, 0) is 94.9 Å². The molecule has 0 aromatic rings. The van der Waals surface area contributed by atoms with Crippen LogP contribution in [0.5, 0.6) is 0 Å². The lowest BCUT2D eigenvalue weighted by Crippen LogP contribution is -2.71. The van der Waals surface area contributed by atoms with E-state index in [1.165, 1.54) is 27.7 Å². The van der Waals surface area contributed by atoms with Crippen LogP contribution in [-0.4, -0.2) is 460 Å². The van der Waals surface area contributed by atoms with E-state index < -0.39 is 339 Å². The second-order valence-electron chi connectivity index (χ2n) is 28.1. The fourth-order valence-corrected chi connectivity index (χ4v) is 14.1. The highest BCUT2D eigenvalue weighted by Gasteiger charge is 2.64. The van der Waals surface area contributed by atoms with E-state index >= 15 is 0 Å². The van der Waals surface area contributed by atoms with Crippen LogP contribution < -0.4 is 10.6 Å². The van der Waals surface area contributed by atoms with Crippen LogP contribution in [0.2, 0.25) is 0 Å². The average molecular weight is 1580 g/mol. The van der Waals surface area contributed by atoms with Gasteiger partial charge in [0.25, 0.3) is 5.79 Å². The number of carboxylic acid groups (broad SMARTS) is 1. The largest absolute Gasteiger partial charge is 0.477 e. The first-order valence-electron chi connectivity index (χ1n) is 34.7. The highest BCUT2D eigenvalue weighted by molar-refractivity contribution is 5.76. The number of carbonyl (C=O) groups is 3. The van der Waals surface area contributed by atoms with E-state index in [1.54, 1.807) is 0 Å². The molecule has 2 amide bonds. The summed E-state index contributed by atoms with van der Waals surface area (Å²) in [5.41, 5.74) is 0. The number of carboxylic acids is 1. The zero-order valence-corrected chi connectivity index (χ0v) is 58.6. The molecule has 9 fully saturated rings. The molecule has 626 valence electrons. The van der Waals surface area contributed by atoms with Gasteiger partial charge in [0, 0.05) is 20.3 Å². The summed E-state index contributed by atoms with van der Waals surface area (Å²) in [5.74, 6) is -7.72. The molecule has 108 heavy (non-hydrogen) atoms. The van der Waals surface area contributed by atoms with Crippen molar-refractivity contribution in [3.05, 3.63) is 0 Å². The minimum Gasteiger partial charge on any atom is -0.477 e. The molecular formula is C61H102N2O45. The van der Waals surface area contributed by atoms with Crippen molar-refractivity contribution in [2.75, 3.05) is 33.0 Å². The zero-order valence-electron chi connectivity index (χ0n) is 58.6. The number of hydrogen-bond acceptors (Lipinski definition) is 44. The molecule has 0 saturated carbocycles. The molecule has 27 N–H and O–H groups in total. The van der Waals surface area contributed by atoms with E-state index in [-0.39, 0.29) is 0 Å². The third-order valence-electron chi connectivity index (χ3n) is 20.4. The Morgan fingerprint density at radius 2 is 0.796 bits per heavy atom. The summed E-state index contributed by atoms with van der Waals surface area (Å²) < 4.78 is 101. The van der Waals surface area contributed by atoms with Crippen LogP contribution in [0.15, 0.2) is 0 Å². The van der Waals surface area contributed by atoms with Crippen LogP contribution in [0, 0.1) is 0 Å². The number of carbonyl (C=O) groups excluding carboxylic acids is 2. The molecule has 0 aromatic heterocycles. The molecule has 9 saturated heterocycles. The Balaban J connectivity index is 1.02. The minimum atomic E-state index is -3.54. The third kappa shape index (κ3) is 18.7. The monoisotopic (exact) mass is 1580 g/mol. The lowest BCUT2D eigenvalue weighted by Gasteiger charge is -2.52. The number of aliphatic hydroxyl groups is 24. The van der Waals surface area contributed by atoms with Crippen molar-refractivity contribution in [2.24, 2.45) is 0 Å². The summed E-state index contributed by atoms with van der Waals surface area (Å²) in [5, 5.41) is 282. The maximum Gasteiger partial charge on any atom is 0.364 e. The summed E-state index contributed by atoms with van der Waals surface area (Å²) >= 11 is 0. The van der Waals surface area contributed by atoms with Gasteiger partial charge in [0.05, 0.1) is 63.6 Å². The van der Waals surface area contributed by atoms with E-state index in [1.807, 2.05) is 0 Å². The van der Waals surface area contributed by atoms with Gasteiger partial charge >= 0.3 is 5.97 Å². The summed E-state index contributed by atoms with van der Waals surface area (Å²) in [7, 11) is 0. The Morgan fingerprint density at radius 1 is 0.398 bits per heavy atom. The molecule has 46 atom stereocenters. The Kier molecular flexibility index (Phi) is 30.5.